The summed E-state index contributed by atoms with van der Waals surface area (Å²) in [6.07, 6.45) is 7.79. The Hall–Kier alpha value is -0.890. The minimum Gasteiger partial charge on any atom is -0.307 e. The quantitative estimate of drug-likeness (QED) is 0.797. The summed E-state index contributed by atoms with van der Waals surface area (Å²) in [5, 5.41) is 3.72. The Labute approximate surface area is 92.1 Å². The molecule has 0 radical (unpaired) electrons. The molecule has 1 aromatic rings. The molecular formula is C13H20N2. The number of aromatic nitrogens is 1. The van der Waals surface area contributed by atoms with Crippen LogP contribution in [0.4, 0.5) is 0 Å². The van der Waals surface area contributed by atoms with Gasteiger partial charge in [0.25, 0.3) is 0 Å². The SMILES string of the molecule is CCC(N[C@H](C)c1ccncc1)C1CC1. The molecular weight excluding hydrogens is 184 g/mol. The lowest BCUT2D eigenvalue weighted by molar-refractivity contribution is 0.405. The summed E-state index contributed by atoms with van der Waals surface area (Å²) in [5.41, 5.74) is 1.34. The van der Waals surface area contributed by atoms with Crippen LogP contribution in [-0.2, 0) is 0 Å². The summed E-state index contributed by atoms with van der Waals surface area (Å²) in [4.78, 5) is 4.05. The third-order valence-electron chi connectivity index (χ3n) is 3.30. The van der Waals surface area contributed by atoms with Crippen molar-refractivity contribution in [3.05, 3.63) is 30.1 Å². The van der Waals surface area contributed by atoms with Crippen LogP contribution in [0.3, 0.4) is 0 Å². The first-order chi connectivity index (χ1) is 7.31. The molecule has 0 amide bonds. The first-order valence-corrected chi connectivity index (χ1v) is 5.97. The third-order valence-corrected chi connectivity index (χ3v) is 3.30. The van der Waals surface area contributed by atoms with Gasteiger partial charge >= 0.3 is 0 Å². The average molecular weight is 204 g/mol. The molecule has 15 heavy (non-hydrogen) atoms. The van der Waals surface area contributed by atoms with Crippen molar-refractivity contribution in [1.82, 2.24) is 10.3 Å². The van der Waals surface area contributed by atoms with E-state index in [9.17, 15) is 0 Å². The molecule has 1 aliphatic rings. The first kappa shape index (κ1) is 10.6. The molecule has 0 saturated heterocycles. The summed E-state index contributed by atoms with van der Waals surface area (Å²) in [7, 11) is 0. The van der Waals surface area contributed by atoms with E-state index in [1.165, 1.54) is 24.8 Å². The Balaban J connectivity index is 1.93. The van der Waals surface area contributed by atoms with E-state index in [4.69, 9.17) is 0 Å². The number of hydrogen-bond acceptors (Lipinski definition) is 2. The molecule has 0 aromatic carbocycles. The van der Waals surface area contributed by atoms with Crippen LogP contribution < -0.4 is 5.32 Å². The van der Waals surface area contributed by atoms with Crippen LogP contribution in [0.2, 0.25) is 0 Å². The Kier molecular flexibility index (Phi) is 3.37. The minimum absolute atomic E-state index is 0.443. The number of hydrogen-bond donors (Lipinski definition) is 1. The van der Waals surface area contributed by atoms with E-state index in [1.807, 2.05) is 12.4 Å². The van der Waals surface area contributed by atoms with Gasteiger partial charge in [-0.15, -0.1) is 0 Å². The normalized spacial score (nSPS) is 19.9. The molecule has 2 heteroatoms. The van der Waals surface area contributed by atoms with Crippen LogP contribution in [0.25, 0.3) is 0 Å². The Morgan fingerprint density at radius 1 is 1.40 bits per heavy atom. The Morgan fingerprint density at radius 3 is 2.60 bits per heavy atom. The number of nitrogens with one attached hydrogen (secondary N) is 1. The van der Waals surface area contributed by atoms with Gasteiger partial charge in [-0.2, -0.15) is 0 Å². The van der Waals surface area contributed by atoms with Crippen LogP contribution in [0.1, 0.15) is 44.7 Å². The second-order valence-electron chi connectivity index (χ2n) is 4.52. The third kappa shape index (κ3) is 2.78. The van der Waals surface area contributed by atoms with Gasteiger partial charge < -0.3 is 5.32 Å². The van der Waals surface area contributed by atoms with Crippen molar-refractivity contribution < 1.29 is 0 Å². The lowest BCUT2D eigenvalue weighted by Crippen LogP contribution is -2.32. The van der Waals surface area contributed by atoms with Crippen LogP contribution in [0.5, 0.6) is 0 Å². The topological polar surface area (TPSA) is 24.9 Å². The van der Waals surface area contributed by atoms with E-state index in [-0.39, 0.29) is 0 Å². The van der Waals surface area contributed by atoms with Gasteiger partial charge in [0.15, 0.2) is 0 Å². The predicted octanol–water partition coefficient (Wildman–Crippen LogP) is 2.92. The van der Waals surface area contributed by atoms with Gasteiger partial charge in [-0.25, -0.2) is 0 Å². The molecule has 1 aromatic heterocycles. The monoisotopic (exact) mass is 204 g/mol. The van der Waals surface area contributed by atoms with Crippen molar-refractivity contribution in [3.8, 4) is 0 Å². The van der Waals surface area contributed by atoms with Crippen LogP contribution >= 0.6 is 0 Å². The zero-order valence-corrected chi connectivity index (χ0v) is 9.61. The number of rotatable bonds is 5. The highest BCUT2D eigenvalue weighted by Gasteiger charge is 2.30. The molecule has 2 atom stereocenters. The minimum atomic E-state index is 0.443. The second-order valence-corrected chi connectivity index (χ2v) is 4.52. The van der Waals surface area contributed by atoms with Gasteiger partial charge in [-0.05, 0) is 49.8 Å². The molecule has 2 nitrogen and oxygen atoms in total. The highest BCUT2D eigenvalue weighted by atomic mass is 15.0. The maximum Gasteiger partial charge on any atom is 0.0295 e. The van der Waals surface area contributed by atoms with Crippen molar-refractivity contribution in [2.75, 3.05) is 0 Å². The molecule has 82 valence electrons. The zero-order valence-electron chi connectivity index (χ0n) is 9.61. The van der Waals surface area contributed by atoms with E-state index in [0.717, 1.165) is 5.92 Å². The first-order valence-electron chi connectivity index (χ1n) is 5.97. The maximum atomic E-state index is 4.05. The van der Waals surface area contributed by atoms with Crippen LogP contribution in [-0.4, -0.2) is 11.0 Å². The fourth-order valence-corrected chi connectivity index (χ4v) is 2.16. The highest BCUT2D eigenvalue weighted by molar-refractivity contribution is 5.14. The van der Waals surface area contributed by atoms with Gasteiger partial charge in [0.2, 0.25) is 0 Å². The van der Waals surface area contributed by atoms with E-state index in [0.29, 0.717) is 12.1 Å². The average Bonchev–Trinajstić information content (AvgIpc) is 3.10. The summed E-state index contributed by atoms with van der Waals surface area (Å²) >= 11 is 0. The fraction of sp³-hybridized carbons (Fsp3) is 0.615. The lowest BCUT2D eigenvalue weighted by Gasteiger charge is -2.22. The van der Waals surface area contributed by atoms with Gasteiger partial charge in [-0.3, -0.25) is 4.98 Å². The van der Waals surface area contributed by atoms with Gasteiger partial charge in [0.05, 0.1) is 0 Å². The molecule has 1 fully saturated rings. The zero-order chi connectivity index (χ0) is 10.7. The maximum absolute atomic E-state index is 4.05. The highest BCUT2D eigenvalue weighted by Crippen LogP contribution is 2.34. The molecule has 1 N–H and O–H groups in total. The summed E-state index contributed by atoms with van der Waals surface area (Å²) in [6.45, 7) is 4.51. The Bertz CT molecular complexity index is 293. The van der Waals surface area contributed by atoms with Gasteiger partial charge in [0, 0.05) is 24.5 Å². The van der Waals surface area contributed by atoms with Crippen molar-refractivity contribution >= 4 is 0 Å². The molecule has 1 aliphatic carbocycles. The standard InChI is InChI=1S/C13H20N2/c1-3-13(12-4-5-12)15-10(2)11-6-8-14-9-7-11/h6-10,12-13,15H,3-5H2,1-2H3/t10-,13?/m1/s1. The van der Waals surface area contributed by atoms with E-state index in [1.54, 1.807) is 0 Å². The predicted molar refractivity (Wildman–Crippen MR) is 62.6 cm³/mol. The molecule has 0 aliphatic heterocycles. The van der Waals surface area contributed by atoms with E-state index in [2.05, 4.69) is 36.3 Å². The van der Waals surface area contributed by atoms with Crippen molar-refractivity contribution in [1.29, 1.82) is 0 Å². The summed E-state index contributed by atoms with van der Waals surface area (Å²) in [5.74, 6) is 0.930. The molecule has 1 unspecified atom stereocenters. The summed E-state index contributed by atoms with van der Waals surface area (Å²) < 4.78 is 0. The van der Waals surface area contributed by atoms with Gasteiger partial charge in [-0.1, -0.05) is 6.92 Å². The Morgan fingerprint density at radius 2 is 2.07 bits per heavy atom. The van der Waals surface area contributed by atoms with Gasteiger partial charge in [0.1, 0.15) is 0 Å². The number of nitrogens with zero attached hydrogens (tertiary/aromatic N) is 1. The fourth-order valence-electron chi connectivity index (χ4n) is 2.16. The van der Waals surface area contributed by atoms with Crippen LogP contribution in [0.15, 0.2) is 24.5 Å². The number of pyridine rings is 1. The van der Waals surface area contributed by atoms with Crippen molar-refractivity contribution in [2.45, 2.75) is 45.2 Å². The van der Waals surface area contributed by atoms with Crippen LogP contribution in [0, 0.1) is 5.92 Å². The molecule has 1 heterocycles. The largest absolute Gasteiger partial charge is 0.307 e. The van der Waals surface area contributed by atoms with E-state index < -0.39 is 0 Å². The summed E-state index contributed by atoms with van der Waals surface area (Å²) in [6, 6.07) is 5.33. The molecule has 2 rings (SSSR count). The molecule has 0 spiro atoms. The smallest absolute Gasteiger partial charge is 0.0295 e. The lowest BCUT2D eigenvalue weighted by atomic mass is 10.1. The molecule has 0 bridgehead atoms. The van der Waals surface area contributed by atoms with E-state index >= 15 is 0 Å². The van der Waals surface area contributed by atoms with Crippen molar-refractivity contribution in [3.63, 3.8) is 0 Å². The second kappa shape index (κ2) is 4.75. The molecule has 1 saturated carbocycles. The van der Waals surface area contributed by atoms with Crippen molar-refractivity contribution in [2.24, 2.45) is 5.92 Å².